The maximum Gasteiger partial charge on any atom is 0.257 e. The van der Waals surface area contributed by atoms with Gasteiger partial charge in [0.25, 0.3) is 5.91 Å². The molecule has 4 N–H and O–H groups in total. The van der Waals surface area contributed by atoms with E-state index in [4.69, 9.17) is 4.74 Å². The summed E-state index contributed by atoms with van der Waals surface area (Å²) in [5.41, 5.74) is 0.966. The molecule has 1 aliphatic rings. The van der Waals surface area contributed by atoms with Gasteiger partial charge in [0.15, 0.2) is 6.29 Å². The number of carbonyl (C=O) groups is 2. The molecule has 0 spiro atoms. The van der Waals surface area contributed by atoms with Gasteiger partial charge >= 0.3 is 0 Å². The number of ether oxygens (including phenoxy) is 1. The van der Waals surface area contributed by atoms with Gasteiger partial charge < -0.3 is 15.4 Å². The second-order valence-electron chi connectivity index (χ2n) is 6.42. The number of amides is 2. The Balaban J connectivity index is 1.80. The van der Waals surface area contributed by atoms with E-state index in [-0.39, 0.29) is 36.1 Å². The minimum absolute atomic E-state index is 0.0985. The third-order valence-electron chi connectivity index (χ3n) is 4.12. The van der Waals surface area contributed by atoms with Gasteiger partial charge in [0, 0.05) is 30.8 Å². The molecule has 2 unspecified atom stereocenters. The summed E-state index contributed by atoms with van der Waals surface area (Å²) in [6, 6.07) is 14.0. The maximum absolute atomic E-state index is 13.2. The third kappa shape index (κ3) is 6.09. The number of guanidine groups is 1. The Bertz CT molecular complexity index is 873. The van der Waals surface area contributed by atoms with Crippen LogP contribution in [0.5, 0.6) is 0 Å². The molecule has 2 amide bonds. The normalized spacial score (nSPS) is 19.4. The quantitative estimate of drug-likeness (QED) is 0.450. The van der Waals surface area contributed by atoms with Crippen LogP contribution in [0.2, 0.25) is 0 Å². The summed E-state index contributed by atoms with van der Waals surface area (Å²) < 4.78 is 18.3. The molecule has 2 aromatic carbocycles. The van der Waals surface area contributed by atoms with Crippen molar-refractivity contribution < 1.29 is 18.7 Å². The fourth-order valence-corrected chi connectivity index (χ4v) is 2.80. The van der Waals surface area contributed by atoms with Gasteiger partial charge in [-0.25, -0.2) is 9.38 Å². The Morgan fingerprint density at radius 1 is 1.21 bits per heavy atom. The summed E-state index contributed by atoms with van der Waals surface area (Å²) >= 11 is 0. The first-order valence-electron chi connectivity index (χ1n) is 9.04. The number of aliphatic imine (C=N–C) groups is 1. The Labute approximate surface area is 167 Å². The van der Waals surface area contributed by atoms with Gasteiger partial charge in [-0.15, -0.1) is 0 Å². The molecule has 1 heterocycles. The van der Waals surface area contributed by atoms with Crippen molar-refractivity contribution >= 4 is 23.5 Å². The Hall–Kier alpha value is -3.30. The molecule has 1 saturated heterocycles. The van der Waals surface area contributed by atoms with E-state index in [2.05, 4.69) is 26.3 Å². The molecule has 9 heteroatoms. The van der Waals surface area contributed by atoms with E-state index in [1.807, 2.05) is 0 Å². The summed E-state index contributed by atoms with van der Waals surface area (Å²) in [5, 5.41) is 11.5. The second-order valence-corrected chi connectivity index (χ2v) is 6.42. The summed E-state index contributed by atoms with van der Waals surface area (Å²) in [6.45, 7) is 0.344. The average Bonchev–Trinajstić information content (AvgIpc) is 2.70. The first-order chi connectivity index (χ1) is 14.0. The second kappa shape index (κ2) is 9.76. The molecule has 2 aromatic rings. The van der Waals surface area contributed by atoms with Crippen LogP contribution >= 0.6 is 0 Å². The van der Waals surface area contributed by atoms with E-state index < -0.39 is 6.29 Å². The molecule has 0 saturated carbocycles. The number of carbonyl (C=O) groups excluding carboxylic acids is 2. The van der Waals surface area contributed by atoms with Crippen molar-refractivity contribution in [1.82, 2.24) is 16.0 Å². The highest BCUT2D eigenvalue weighted by Gasteiger charge is 2.26. The number of hydrogen-bond donors (Lipinski definition) is 4. The standard InChI is InChI=1S/C20H22FN5O3/c1-29-12-16-11-17(27)24-19(23-16)26-20(22-15-9-7-14(21)8-10-15)25-18(28)13-5-3-2-4-6-13/h2-10,16,19,23H,11-12H2,1H3,(H,24,27)(H2,22,25,26,28). The Morgan fingerprint density at radius 2 is 1.93 bits per heavy atom. The zero-order valence-corrected chi connectivity index (χ0v) is 15.8. The minimum atomic E-state index is -0.768. The first kappa shape index (κ1) is 20.4. The highest BCUT2D eigenvalue weighted by Crippen LogP contribution is 2.09. The van der Waals surface area contributed by atoms with E-state index in [0.717, 1.165) is 0 Å². The molecular weight excluding hydrogens is 377 g/mol. The van der Waals surface area contributed by atoms with Crippen LogP contribution in [0.25, 0.3) is 0 Å². The lowest BCUT2D eigenvalue weighted by Crippen LogP contribution is -2.57. The molecule has 3 rings (SSSR count). The summed E-state index contributed by atoms with van der Waals surface area (Å²) in [6.07, 6.45) is -0.507. The van der Waals surface area contributed by atoms with Crippen molar-refractivity contribution in [3.8, 4) is 0 Å². The van der Waals surface area contributed by atoms with Crippen LogP contribution in [0.4, 0.5) is 10.1 Å². The lowest BCUT2D eigenvalue weighted by molar-refractivity contribution is -0.124. The van der Waals surface area contributed by atoms with Crippen LogP contribution in [0.3, 0.4) is 0 Å². The van der Waals surface area contributed by atoms with Crippen LogP contribution in [-0.2, 0) is 9.53 Å². The van der Waals surface area contributed by atoms with E-state index in [1.165, 1.54) is 24.3 Å². The van der Waals surface area contributed by atoms with Crippen LogP contribution in [0.15, 0.2) is 59.6 Å². The topological polar surface area (TPSA) is 104 Å². The number of anilines is 1. The minimum Gasteiger partial charge on any atom is -0.383 e. The molecule has 8 nitrogen and oxygen atoms in total. The largest absolute Gasteiger partial charge is 0.383 e. The molecule has 0 aliphatic carbocycles. The van der Waals surface area contributed by atoms with Crippen molar-refractivity contribution in [3.63, 3.8) is 0 Å². The Morgan fingerprint density at radius 3 is 2.62 bits per heavy atom. The van der Waals surface area contributed by atoms with Gasteiger partial charge in [-0.05, 0) is 36.4 Å². The number of benzene rings is 2. The lowest BCUT2D eigenvalue weighted by atomic mass is 10.2. The van der Waals surface area contributed by atoms with Gasteiger partial charge in [0.2, 0.25) is 11.9 Å². The molecule has 2 atom stereocenters. The highest BCUT2D eigenvalue weighted by molar-refractivity contribution is 6.10. The smallest absolute Gasteiger partial charge is 0.257 e. The number of nitrogens with one attached hydrogen (secondary N) is 4. The first-order valence-corrected chi connectivity index (χ1v) is 9.04. The zero-order valence-electron chi connectivity index (χ0n) is 15.8. The number of rotatable bonds is 5. The molecule has 1 fully saturated rings. The summed E-state index contributed by atoms with van der Waals surface area (Å²) in [7, 11) is 1.55. The number of nitrogens with zero attached hydrogens (tertiary/aromatic N) is 1. The van der Waals surface area contributed by atoms with Gasteiger partial charge in [-0.2, -0.15) is 0 Å². The molecule has 0 aromatic heterocycles. The van der Waals surface area contributed by atoms with Crippen molar-refractivity contribution in [3.05, 3.63) is 66.0 Å². The van der Waals surface area contributed by atoms with Gasteiger partial charge in [-0.3, -0.25) is 20.2 Å². The zero-order chi connectivity index (χ0) is 20.6. The molecule has 152 valence electrons. The molecule has 0 bridgehead atoms. The van der Waals surface area contributed by atoms with E-state index in [9.17, 15) is 14.0 Å². The van der Waals surface area contributed by atoms with Gasteiger partial charge in [0.1, 0.15) is 5.82 Å². The molecule has 0 radical (unpaired) electrons. The van der Waals surface area contributed by atoms with Crippen molar-refractivity contribution in [2.24, 2.45) is 4.99 Å². The van der Waals surface area contributed by atoms with E-state index in [1.54, 1.807) is 37.4 Å². The van der Waals surface area contributed by atoms with Crippen LogP contribution in [-0.4, -0.2) is 43.8 Å². The molecule has 1 aliphatic heterocycles. The fourth-order valence-electron chi connectivity index (χ4n) is 2.80. The number of methoxy groups -OCH3 is 1. The van der Waals surface area contributed by atoms with Crippen molar-refractivity contribution in [1.29, 1.82) is 0 Å². The number of halogens is 1. The lowest BCUT2D eigenvalue weighted by Gasteiger charge is -2.29. The van der Waals surface area contributed by atoms with Crippen LogP contribution < -0.4 is 21.3 Å². The SMILES string of the molecule is COCC1CC(=O)NC(/N=C(/NC(=O)c2ccccc2)Nc2ccc(F)cc2)N1. The molecule has 29 heavy (non-hydrogen) atoms. The van der Waals surface area contributed by atoms with Crippen LogP contribution in [0.1, 0.15) is 16.8 Å². The van der Waals surface area contributed by atoms with E-state index >= 15 is 0 Å². The van der Waals surface area contributed by atoms with E-state index in [0.29, 0.717) is 17.9 Å². The summed E-state index contributed by atoms with van der Waals surface area (Å²) in [4.78, 5) is 28.9. The van der Waals surface area contributed by atoms with Gasteiger partial charge in [0.05, 0.1) is 6.61 Å². The fraction of sp³-hybridized carbons (Fsp3) is 0.250. The number of hydrogen-bond acceptors (Lipinski definition) is 5. The Kier molecular flexibility index (Phi) is 6.88. The summed E-state index contributed by atoms with van der Waals surface area (Å²) in [5.74, 6) is -0.850. The molecular formula is C20H22FN5O3. The van der Waals surface area contributed by atoms with Crippen molar-refractivity contribution in [2.45, 2.75) is 18.8 Å². The van der Waals surface area contributed by atoms with Gasteiger partial charge in [-0.1, -0.05) is 18.2 Å². The average molecular weight is 399 g/mol. The van der Waals surface area contributed by atoms with Crippen molar-refractivity contribution in [2.75, 3.05) is 19.0 Å². The highest BCUT2D eigenvalue weighted by atomic mass is 19.1. The third-order valence-corrected chi connectivity index (χ3v) is 4.12. The predicted octanol–water partition coefficient (Wildman–Crippen LogP) is 1.43. The van der Waals surface area contributed by atoms with Crippen LogP contribution in [0, 0.1) is 5.82 Å². The predicted molar refractivity (Wildman–Crippen MR) is 107 cm³/mol. The monoisotopic (exact) mass is 399 g/mol. The maximum atomic E-state index is 13.2.